The summed E-state index contributed by atoms with van der Waals surface area (Å²) in [5.74, 6) is -1.51. The maximum Gasteiger partial charge on any atom is 0.311 e. The van der Waals surface area contributed by atoms with Gasteiger partial charge in [0.05, 0.1) is 19.1 Å². The van der Waals surface area contributed by atoms with Crippen molar-refractivity contribution < 1.29 is 32.4 Å². The molecule has 0 saturated carbocycles. The van der Waals surface area contributed by atoms with Crippen LogP contribution in [0.15, 0.2) is 53.6 Å². The Hall–Kier alpha value is -2.71. The predicted molar refractivity (Wildman–Crippen MR) is 101 cm³/mol. The molecule has 0 amide bonds. The lowest BCUT2D eigenvalue weighted by molar-refractivity contribution is -0.144. The number of carbonyl (C=O) groups is 2. The molecular formula is C19H22O7S. The molecule has 0 saturated heterocycles. The number of ether oxygens (including phenoxy) is 1. The first-order chi connectivity index (χ1) is 12.7. The van der Waals surface area contributed by atoms with Gasteiger partial charge in [0.2, 0.25) is 0 Å². The van der Waals surface area contributed by atoms with E-state index in [9.17, 15) is 18.0 Å². The number of carbonyl (C=O) groups excluding carboxylic acids is 1. The average Bonchev–Trinajstić information content (AvgIpc) is 2.59. The van der Waals surface area contributed by atoms with Crippen molar-refractivity contribution in [3.05, 3.63) is 54.3 Å². The smallest absolute Gasteiger partial charge is 0.311 e. The minimum absolute atomic E-state index is 0.000556. The second-order valence-electron chi connectivity index (χ2n) is 5.57. The summed E-state index contributed by atoms with van der Waals surface area (Å²) < 4.78 is 36.1. The third-order valence-corrected chi connectivity index (χ3v) is 4.47. The van der Waals surface area contributed by atoms with Crippen molar-refractivity contribution in [1.29, 1.82) is 0 Å². The molecule has 0 bridgehead atoms. The molecule has 0 heterocycles. The van der Waals surface area contributed by atoms with Crippen LogP contribution in [0.25, 0.3) is 10.8 Å². The van der Waals surface area contributed by atoms with Gasteiger partial charge in [0.25, 0.3) is 10.1 Å². The molecule has 0 spiro atoms. The zero-order valence-electron chi connectivity index (χ0n) is 15.1. The summed E-state index contributed by atoms with van der Waals surface area (Å²) in [6.45, 7) is 3.57. The molecule has 27 heavy (non-hydrogen) atoms. The van der Waals surface area contributed by atoms with E-state index in [4.69, 9.17) is 9.66 Å². The first kappa shape index (κ1) is 22.3. The fraction of sp³-hybridized carbons (Fsp3) is 0.263. The van der Waals surface area contributed by atoms with Gasteiger partial charge in [0, 0.05) is 5.39 Å². The molecule has 2 aromatic carbocycles. The van der Waals surface area contributed by atoms with Crippen LogP contribution in [-0.2, 0) is 24.4 Å². The molecule has 7 nitrogen and oxygen atoms in total. The standard InChI is InChI=1S/C11H10O3S.C8H12O4/c1-8-6-7-9-4-2-3-5-10(9)11(8)15(12,13)14;1-2-3-6-12-8(11)5-4-7(9)10/h2-7H,1H3,(H,12,13,14);3,6H,2,4-5H2,1H3,(H,9,10). The highest BCUT2D eigenvalue weighted by atomic mass is 32.2. The molecule has 0 atom stereocenters. The Kier molecular flexibility index (Phi) is 8.64. The molecule has 0 radical (unpaired) electrons. The van der Waals surface area contributed by atoms with E-state index < -0.39 is 22.1 Å². The van der Waals surface area contributed by atoms with Crippen LogP contribution < -0.4 is 0 Å². The largest absolute Gasteiger partial charge is 0.481 e. The van der Waals surface area contributed by atoms with Gasteiger partial charge < -0.3 is 9.84 Å². The third kappa shape index (κ3) is 7.59. The second-order valence-corrected chi connectivity index (χ2v) is 6.93. The van der Waals surface area contributed by atoms with E-state index in [0.717, 1.165) is 11.8 Å². The fourth-order valence-electron chi connectivity index (χ4n) is 2.18. The number of carboxylic acids is 1. The zero-order valence-corrected chi connectivity index (χ0v) is 15.9. The summed E-state index contributed by atoms with van der Waals surface area (Å²) in [5.41, 5.74) is 0.552. The lowest BCUT2D eigenvalue weighted by atomic mass is 10.1. The van der Waals surface area contributed by atoms with E-state index in [1.807, 2.05) is 25.1 Å². The number of aryl methyl sites for hydroxylation is 1. The minimum Gasteiger partial charge on any atom is -0.481 e. The molecule has 0 fully saturated rings. The van der Waals surface area contributed by atoms with Gasteiger partial charge in [-0.2, -0.15) is 8.42 Å². The number of aliphatic carboxylic acids is 1. The number of hydrogen-bond acceptors (Lipinski definition) is 5. The number of allylic oxidation sites excluding steroid dienone is 1. The number of hydrogen-bond donors (Lipinski definition) is 2. The summed E-state index contributed by atoms with van der Waals surface area (Å²) in [5, 5.41) is 9.57. The topological polar surface area (TPSA) is 118 Å². The van der Waals surface area contributed by atoms with Gasteiger partial charge in [-0.15, -0.1) is 0 Å². The third-order valence-electron chi connectivity index (χ3n) is 3.41. The number of esters is 1. The summed E-state index contributed by atoms with van der Waals surface area (Å²) in [7, 11) is -4.16. The van der Waals surface area contributed by atoms with Gasteiger partial charge in [0.15, 0.2) is 0 Å². The Morgan fingerprint density at radius 1 is 1.11 bits per heavy atom. The first-order valence-corrected chi connectivity index (χ1v) is 9.63. The average molecular weight is 394 g/mol. The van der Waals surface area contributed by atoms with Crippen molar-refractivity contribution >= 4 is 32.8 Å². The molecule has 0 aliphatic carbocycles. The Labute approximate surface area is 158 Å². The van der Waals surface area contributed by atoms with Crippen molar-refractivity contribution in [1.82, 2.24) is 0 Å². The van der Waals surface area contributed by atoms with Gasteiger partial charge in [-0.05, 0) is 30.4 Å². The lowest BCUT2D eigenvalue weighted by Gasteiger charge is -2.06. The van der Waals surface area contributed by atoms with E-state index in [2.05, 4.69) is 4.74 Å². The summed E-state index contributed by atoms with van der Waals surface area (Å²) in [6.07, 6.45) is 3.48. The van der Waals surface area contributed by atoms with Crippen molar-refractivity contribution in [3.8, 4) is 0 Å². The van der Waals surface area contributed by atoms with Crippen LogP contribution in [0, 0.1) is 6.92 Å². The molecule has 2 aromatic rings. The van der Waals surface area contributed by atoms with E-state index in [-0.39, 0.29) is 17.7 Å². The Balaban J connectivity index is 0.000000279. The maximum atomic E-state index is 11.2. The quantitative estimate of drug-likeness (QED) is 0.435. The van der Waals surface area contributed by atoms with Crippen molar-refractivity contribution in [2.45, 2.75) is 38.0 Å². The predicted octanol–water partition coefficient (Wildman–Crippen LogP) is 3.71. The Morgan fingerprint density at radius 2 is 1.78 bits per heavy atom. The highest BCUT2D eigenvalue weighted by Crippen LogP contribution is 2.25. The highest BCUT2D eigenvalue weighted by molar-refractivity contribution is 7.86. The highest BCUT2D eigenvalue weighted by Gasteiger charge is 2.16. The molecule has 0 aromatic heterocycles. The van der Waals surface area contributed by atoms with Gasteiger partial charge >= 0.3 is 11.9 Å². The van der Waals surface area contributed by atoms with Gasteiger partial charge in [0.1, 0.15) is 4.90 Å². The molecule has 0 aliphatic heterocycles. The van der Waals surface area contributed by atoms with Gasteiger partial charge in [-0.25, -0.2) is 0 Å². The molecular weight excluding hydrogens is 372 g/mol. The van der Waals surface area contributed by atoms with Gasteiger partial charge in [-0.1, -0.05) is 43.3 Å². The molecule has 2 rings (SSSR count). The second kappa shape index (κ2) is 10.4. The van der Waals surface area contributed by atoms with E-state index in [1.54, 1.807) is 31.2 Å². The number of benzene rings is 2. The monoisotopic (exact) mass is 394 g/mol. The van der Waals surface area contributed by atoms with Crippen LogP contribution in [0.2, 0.25) is 0 Å². The Morgan fingerprint density at radius 3 is 2.37 bits per heavy atom. The molecule has 2 N–H and O–H groups in total. The van der Waals surface area contributed by atoms with Crippen LogP contribution in [0.3, 0.4) is 0 Å². The lowest BCUT2D eigenvalue weighted by Crippen LogP contribution is -2.03. The van der Waals surface area contributed by atoms with E-state index in [1.165, 1.54) is 6.26 Å². The van der Waals surface area contributed by atoms with Crippen molar-refractivity contribution in [3.63, 3.8) is 0 Å². The van der Waals surface area contributed by atoms with Gasteiger partial charge in [-0.3, -0.25) is 14.1 Å². The fourth-order valence-corrected chi connectivity index (χ4v) is 3.12. The molecule has 0 unspecified atom stereocenters. The molecule has 8 heteroatoms. The van der Waals surface area contributed by atoms with Crippen LogP contribution in [0.4, 0.5) is 0 Å². The summed E-state index contributed by atoms with van der Waals surface area (Å²) in [6, 6.07) is 10.6. The van der Waals surface area contributed by atoms with Crippen LogP contribution >= 0.6 is 0 Å². The maximum absolute atomic E-state index is 11.2. The van der Waals surface area contributed by atoms with E-state index >= 15 is 0 Å². The van der Waals surface area contributed by atoms with Crippen LogP contribution in [-0.4, -0.2) is 30.0 Å². The Bertz CT molecular complexity index is 930. The van der Waals surface area contributed by atoms with Crippen LogP contribution in [0.1, 0.15) is 31.7 Å². The molecule has 0 aliphatic rings. The molecule has 146 valence electrons. The van der Waals surface area contributed by atoms with Crippen molar-refractivity contribution in [2.24, 2.45) is 0 Å². The normalized spacial score (nSPS) is 11.1. The first-order valence-electron chi connectivity index (χ1n) is 8.19. The zero-order chi connectivity index (χ0) is 20.4. The summed E-state index contributed by atoms with van der Waals surface area (Å²) >= 11 is 0. The van der Waals surface area contributed by atoms with E-state index in [0.29, 0.717) is 10.9 Å². The number of fused-ring (bicyclic) bond motifs is 1. The number of carboxylic acid groups (broad SMARTS) is 1. The number of rotatable bonds is 6. The SMILES string of the molecule is CCC=COC(=O)CCC(=O)O.Cc1ccc2ccccc2c1S(=O)(=O)O. The van der Waals surface area contributed by atoms with Crippen LogP contribution in [0.5, 0.6) is 0 Å². The minimum atomic E-state index is -4.16. The van der Waals surface area contributed by atoms with Crippen molar-refractivity contribution in [2.75, 3.05) is 0 Å². The summed E-state index contributed by atoms with van der Waals surface area (Å²) in [4.78, 5) is 20.7.